The first-order valence-electron chi connectivity index (χ1n) is 8.95. The molecular formula is C17H35N3. The number of nitrogens with zero attached hydrogens (tertiary/aromatic N) is 2. The van der Waals surface area contributed by atoms with Crippen LogP contribution < -0.4 is 5.32 Å². The zero-order valence-electron chi connectivity index (χ0n) is 13.7. The normalized spacial score (nSPS) is 23.6. The zero-order chi connectivity index (χ0) is 14.2. The van der Waals surface area contributed by atoms with Gasteiger partial charge in [-0.25, -0.2) is 0 Å². The first-order chi connectivity index (χ1) is 9.79. The predicted molar refractivity (Wildman–Crippen MR) is 87.3 cm³/mol. The summed E-state index contributed by atoms with van der Waals surface area (Å²) in [6.07, 6.45) is 11.2. The third kappa shape index (κ3) is 5.34. The molecule has 1 heterocycles. The van der Waals surface area contributed by atoms with E-state index in [4.69, 9.17) is 0 Å². The lowest BCUT2D eigenvalue weighted by molar-refractivity contribution is 0.183. The van der Waals surface area contributed by atoms with Gasteiger partial charge < -0.3 is 15.1 Å². The van der Waals surface area contributed by atoms with Gasteiger partial charge in [-0.15, -0.1) is 0 Å². The SMILES string of the molecule is CCN1CCC(NCCCN(C)C2CCCCC2)CC1. The number of hydrogen-bond acceptors (Lipinski definition) is 3. The topological polar surface area (TPSA) is 18.5 Å². The third-order valence-corrected chi connectivity index (χ3v) is 5.35. The second-order valence-corrected chi connectivity index (χ2v) is 6.79. The molecule has 118 valence electrons. The molecule has 1 saturated heterocycles. The van der Waals surface area contributed by atoms with Crippen LogP contribution in [0.25, 0.3) is 0 Å². The van der Waals surface area contributed by atoms with Crippen LogP contribution >= 0.6 is 0 Å². The van der Waals surface area contributed by atoms with Gasteiger partial charge in [0.05, 0.1) is 0 Å². The van der Waals surface area contributed by atoms with E-state index >= 15 is 0 Å². The van der Waals surface area contributed by atoms with Crippen molar-refractivity contribution in [3.63, 3.8) is 0 Å². The molecule has 2 aliphatic rings. The van der Waals surface area contributed by atoms with Crippen LogP contribution in [0.1, 0.15) is 58.3 Å². The van der Waals surface area contributed by atoms with Crippen molar-refractivity contribution >= 4 is 0 Å². The Kier molecular flexibility index (Phi) is 7.32. The molecule has 0 aromatic rings. The molecule has 3 heteroatoms. The molecule has 0 aromatic carbocycles. The van der Waals surface area contributed by atoms with Crippen molar-refractivity contribution in [2.45, 2.75) is 70.4 Å². The summed E-state index contributed by atoms with van der Waals surface area (Å²) in [6, 6.07) is 1.65. The number of hydrogen-bond donors (Lipinski definition) is 1. The van der Waals surface area contributed by atoms with Crippen LogP contribution in [-0.4, -0.2) is 61.7 Å². The summed E-state index contributed by atoms with van der Waals surface area (Å²) < 4.78 is 0. The standard InChI is InChI=1S/C17H35N3/c1-3-20-14-10-16(11-15-20)18-12-7-13-19(2)17-8-5-4-6-9-17/h16-18H,3-15H2,1-2H3. The molecule has 2 fully saturated rings. The lowest BCUT2D eigenvalue weighted by Gasteiger charge is -2.33. The summed E-state index contributed by atoms with van der Waals surface area (Å²) in [5.74, 6) is 0. The zero-order valence-corrected chi connectivity index (χ0v) is 13.7. The molecule has 0 spiro atoms. The van der Waals surface area contributed by atoms with Gasteiger partial charge in [0.1, 0.15) is 0 Å². The minimum atomic E-state index is 0.776. The highest BCUT2D eigenvalue weighted by Gasteiger charge is 2.19. The van der Waals surface area contributed by atoms with Crippen molar-refractivity contribution in [3.05, 3.63) is 0 Å². The lowest BCUT2D eigenvalue weighted by atomic mass is 9.94. The number of piperidine rings is 1. The van der Waals surface area contributed by atoms with Crippen LogP contribution in [0.5, 0.6) is 0 Å². The fraction of sp³-hybridized carbons (Fsp3) is 1.00. The van der Waals surface area contributed by atoms with Crippen molar-refractivity contribution in [3.8, 4) is 0 Å². The quantitative estimate of drug-likeness (QED) is 0.724. The van der Waals surface area contributed by atoms with Crippen molar-refractivity contribution < 1.29 is 0 Å². The van der Waals surface area contributed by atoms with Gasteiger partial charge >= 0.3 is 0 Å². The van der Waals surface area contributed by atoms with E-state index in [-0.39, 0.29) is 0 Å². The fourth-order valence-electron chi connectivity index (χ4n) is 3.79. The van der Waals surface area contributed by atoms with Crippen molar-refractivity contribution in [1.29, 1.82) is 0 Å². The Morgan fingerprint density at radius 1 is 1.05 bits per heavy atom. The molecule has 0 atom stereocenters. The fourth-order valence-corrected chi connectivity index (χ4v) is 3.79. The highest BCUT2D eigenvalue weighted by atomic mass is 15.1. The van der Waals surface area contributed by atoms with E-state index in [1.54, 1.807) is 0 Å². The Bertz CT molecular complexity index is 243. The maximum atomic E-state index is 3.77. The number of rotatable bonds is 7. The molecule has 0 aromatic heterocycles. The average Bonchev–Trinajstić information content (AvgIpc) is 2.53. The van der Waals surface area contributed by atoms with Gasteiger partial charge in [0.25, 0.3) is 0 Å². The molecule has 0 radical (unpaired) electrons. The summed E-state index contributed by atoms with van der Waals surface area (Å²) in [4.78, 5) is 5.18. The van der Waals surface area contributed by atoms with E-state index in [0.29, 0.717) is 0 Å². The monoisotopic (exact) mass is 281 g/mol. The summed E-state index contributed by atoms with van der Waals surface area (Å²) >= 11 is 0. The van der Waals surface area contributed by atoms with Gasteiger partial charge in [0.2, 0.25) is 0 Å². The summed E-state index contributed by atoms with van der Waals surface area (Å²) in [6.45, 7) is 8.54. The first-order valence-corrected chi connectivity index (χ1v) is 8.95. The Morgan fingerprint density at radius 2 is 1.75 bits per heavy atom. The molecule has 0 bridgehead atoms. The van der Waals surface area contributed by atoms with E-state index < -0.39 is 0 Å². The second kappa shape index (κ2) is 9.01. The molecular weight excluding hydrogens is 246 g/mol. The lowest BCUT2D eigenvalue weighted by Crippen LogP contribution is -2.43. The van der Waals surface area contributed by atoms with Crippen LogP contribution in [0.2, 0.25) is 0 Å². The van der Waals surface area contributed by atoms with E-state index in [1.807, 2.05) is 0 Å². The smallest absolute Gasteiger partial charge is 0.00922 e. The highest BCUT2D eigenvalue weighted by Crippen LogP contribution is 2.21. The first kappa shape index (κ1) is 16.3. The van der Waals surface area contributed by atoms with Crippen LogP contribution in [-0.2, 0) is 0 Å². The van der Waals surface area contributed by atoms with Gasteiger partial charge in [0.15, 0.2) is 0 Å². The third-order valence-electron chi connectivity index (χ3n) is 5.35. The average molecular weight is 281 g/mol. The van der Waals surface area contributed by atoms with Gasteiger partial charge in [-0.2, -0.15) is 0 Å². The minimum absolute atomic E-state index is 0.776. The molecule has 20 heavy (non-hydrogen) atoms. The summed E-state index contributed by atoms with van der Waals surface area (Å²) in [7, 11) is 2.33. The maximum absolute atomic E-state index is 3.77. The maximum Gasteiger partial charge on any atom is 0.00922 e. The Balaban J connectivity index is 1.51. The van der Waals surface area contributed by atoms with Crippen LogP contribution in [0.4, 0.5) is 0 Å². The Morgan fingerprint density at radius 3 is 2.40 bits per heavy atom. The highest BCUT2D eigenvalue weighted by molar-refractivity contribution is 4.77. The number of likely N-dealkylation sites (tertiary alicyclic amines) is 1. The van der Waals surface area contributed by atoms with E-state index in [9.17, 15) is 0 Å². The predicted octanol–water partition coefficient (Wildman–Crippen LogP) is 2.71. The van der Waals surface area contributed by atoms with Gasteiger partial charge in [-0.3, -0.25) is 0 Å². The summed E-state index contributed by atoms with van der Waals surface area (Å²) in [5, 5.41) is 3.77. The van der Waals surface area contributed by atoms with Gasteiger partial charge in [0, 0.05) is 12.1 Å². The molecule has 3 nitrogen and oxygen atoms in total. The number of nitrogens with one attached hydrogen (secondary N) is 1. The van der Waals surface area contributed by atoms with Crippen molar-refractivity contribution in [1.82, 2.24) is 15.1 Å². The Labute approximate surface area is 126 Å². The second-order valence-electron chi connectivity index (χ2n) is 6.79. The van der Waals surface area contributed by atoms with Crippen molar-refractivity contribution in [2.75, 3.05) is 39.8 Å². The molecule has 0 amide bonds. The summed E-state index contributed by atoms with van der Waals surface area (Å²) in [5.41, 5.74) is 0. The van der Waals surface area contributed by atoms with Crippen LogP contribution in [0.15, 0.2) is 0 Å². The molecule has 0 unspecified atom stereocenters. The Hall–Kier alpha value is -0.120. The van der Waals surface area contributed by atoms with Crippen LogP contribution in [0.3, 0.4) is 0 Å². The van der Waals surface area contributed by atoms with E-state index in [0.717, 1.165) is 12.1 Å². The van der Waals surface area contributed by atoms with Gasteiger partial charge in [-0.05, 0) is 71.9 Å². The van der Waals surface area contributed by atoms with Crippen molar-refractivity contribution in [2.24, 2.45) is 0 Å². The largest absolute Gasteiger partial charge is 0.314 e. The molecule has 1 aliphatic heterocycles. The van der Waals surface area contributed by atoms with Crippen LogP contribution in [0, 0.1) is 0 Å². The van der Waals surface area contributed by atoms with Gasteiger partial charge in [-0.1, -0.05) is 26.2 Å². The molecule has 1 N–H and O–H groups in total. The molecule has 1 aliphatic carbocycles. The molecule has 2 rings (SSSR count). The van der Waals surface area contributed by atoms with E-state index in [2.05, 4.69) is 29.1 Å². The molecule has 1 saturated carbocycles. The minimum Gasteiger partial charge on any atom is -0.314 e. The van der Waals surface area contributed by atoms with E-state index in [1.165, 1.54) is 84.1 Å².